The van der Waals surface area contributed by atoms with Crippen LogP contribution in [0.4, 0.5) is 0 Å². The van der Waals surface area contributed by atoms with Crippen molar-refractivity contribution in [2.24, 2.45) is 17.8 Å². The van der Waals surface area contributed by atoms with E-state index in [1.807, 2.05) is 13.1 Å². The minimum absolute atomic E-state index is 0.461. The van der Waals surface area contributed by atoms with Crippen LogP contribution in [-0.4, -0.2) is 12.0 Å². The fraction of sp³-hybridized carbons (Fsp3) is 0.688. The van der Waals surface area contributed by atoms with E-state index in [9.17, 15) is 0 Å². The molecule has 2 heteroatoms. The van der Waals surface area contributed by atoms with Crippen molar-refractivity contribution in [1.82, 2.24) is 10.3 Å². The van der Waals surface area contributed by atoms with Gasteiger partial charge in [-0.1, -0.05) is 19.9 Å². The van der Waals surface area contributed by atoms with Crippen molar-refractivity contribution < 1.29 is 0 Å². The maximum atomic E-state index is 4.44. The van der Waals surface area contributed by atoms with E-state index in [0.29, 0.717) is 6.04 Å². The molecule has 0 saturated heterocycles. The molecule has 2 rings (SSSR count). The summed E-state index contributed by atoms with van der Waals surface area (Å²) in [7, 11) is 2.08. The van der Waals surface area contributed by atoms with Crippen LogP contribution in [0.25, 0.3) is 0 Å². The maximum Gasteiger partial charge on any atom is 0.0372 e. The Morgan fingerprint density at radius 2 is 1.83 bits per heavy atom. The molecule has 1 heterocycles. The molecule has 3 atom stereocenters. The van der Waals surface area contributed by atoms with E-state index in [0.717, 1.165) is 23.4 Å². The van der Waals surface area contributed by atoms with Gasteiger partial charge in [0.15, 0.2) is 0 Å². The molecule has 2 nitrogen and oxygen atoms in total. The minimum Gasteiger partial charge on any atom is -0.313 e. The van der Waals surface area contributed by atoms with Crippen LogP contribution >= 0.6 is 0 Å². The average molecular weight is 246 g/mol. The summed E-state index contributed by atoms with van der Waals surface area (Å²) in [6.07, 6.45) is 6.10. The van der Waals surface area contributed by atoms with Crippen LogP contribution in [0.3, 0.4) is 0 Å². The molecule has 0 spiro atoms. The van der Waals surface area contributed by atoms with Gasteiger partial charge in [0.2, 0.25) is 0 Å². The zero-order valence-electron chi connectivity index (χ0n) is 12.1. The van der Waals surface area contributed by atoms with E-state index in [4.69, 9.17) is 0 Å². The summed E-state index contributed by atoms with van der Waals surface area (Å²) in [4.78, 5) is 4.44. The predicted molar refractivity (Wildman–Crippen MR) is 76.4 cm³/mol. The van der Waals surface area contributed by atoms with Crippen LogP contribution in [0.15, 0.2) is 18.3 Å². The van der Waals surface area contributed by atoms with Crippen molar-refractivity contribution in [3.63, 3.8) is 0 Å². The summed E-state index contributed by atoms with van der Waals surface area (Å²) in [6.45, 7) is 6.83. The number of rotatable bonds is 3. The highest BCUT2D eigenvalue weighted by Gasteiger charge is 2.30. The molecule has 1 aromatic rings. The van der Waals surface area contributed by atoms with Gasteiger partial charge in [0.05, 0.1) is 0 Å². The van der Waals surface area contributed by atoms with Crippen LogP contribution < -0.4 is 5.32 Å². The summed E-state index contributed by atoms with van der Waals surface area (Å²) in [5, 5.41) is 3.51. The largest absolute Gasteiger partial charge is 0.313 e. The van der Waals surface area contributed by atoms with Gasteiger partial charge in [-0.2, -0.15) is 0 Å². The average Bonchev–Trinajstić information content (AvgIpc) is 2.31. The van der Waals surface area contributed by atoms with Crippen molar-refractivity contribution in [2.45, 2.75) is 46.1 Å². The third-order valence-electron chi connectivity index (χ3n) is 4.29. The van der Waals surface area contributed by atoms with Gasteiger partial charge in [0.1, 0.15) is 0 Å². The first-order chi connectivity index (χ1) is 8.60. The van der Waals surface area contributed by atoms with Crippen molar-refractivity contribution in [1.29, 1.82) is 0 Å². The van der Waals surface area contributed by atoms with Gasteiger partial charge >= 0.3 is 0 Å². The second-order valence-corrected chi connectivity index (χ2v) is 6.18. The monoisotopic (exact) mass is 246 g/mol. The number of hydrogen-bond donors (Lipinski definition) is 1. The van der Waals surface area contributed by atoms with Gasteiger partial charge < -0.3 is 5.32 Å². The summed E-state index contributed by atoms with van der Waals surface area (Å²) in [5.74, 6) is 2.46. The molecule has 0 aromatic carbocycles. The molecule has 18 heavy (non-hydrogen) atoms. The first-order valence-electron chi connectivity index (χ1n) is 7.20. The van der Waals surface area contributed by atoms with Crippen LogP contribution in [-0.2, 0) is 0 Å². The predicted octanol–water partition coefficient (Wildman–Crippen LogP) is 3.72. The molecule has 0 amide bonds. The zero-order valence-corrected chi connectivity index (χ0v) is 12.1. The van der Waals surface area contributed by atoms with E-state index in [1.54, 1.807) is 0 Å². The molecule has 1 aliphatic carbocycles. The molecular formula is C16H26N2. The van der Waals surface area contributed by atoms with Gasteiger partial charge in [-0.05, 0) is 62.6 Å². The van der Waals surface area contributed by atoms with E-state index in [2.05, 4.69) is 43.3 Å². The standard InChI is InChI=1S/C16H26N2/c1-11-7-12(2)9-15(8-11)16(17-4)14-6-5-13(3)18-10-14/h5-6,10-12,15-17H,7-9H2,1-4H3. The number of aryl methyl sites for hydroxylation is 1. The summed E-state index contributed by atoms with van der Waals surface area (Å²) < 4.78 is 0. The second-order valence-electron chi connectivity index (χ2n) is 6.18. The molecule has 1 N–H and O–H groups in total. The second kappa shape index (κ2) is 5.83. The van der Waals surface area contributed by atoms with E-state index in [-0.39, 0.29) is 0 Å². The Balaban J connectivity index is 2.14. The molecule has 3 unspecified atom stereocenters. The Hall–Kier alpha value is -0.890. The van der Waals surface area contributed by atoms with Gasteiger partial charge in [0, 0.05) is 17.9 Å². The highest BCUT2D eigenvalue weighted by atomic mass is 14.9. The zero-order chi connectivity index (χ0) is 13.1. The molecule has 100 valence electrons. The fourth-order valence-electron chi connectivity index (χ4n) is 3.62. The smallest absolute Gasteiger partial charge is 0.0372 e. The lowest BCUT2D eigenvalue weighted by Crippen LogP contribution is -2.31. The third kappa shape index (κ3) is 3.11. The van der Waals surface area contributed by atoms with Crippen LogP contribution in [0, 0.1) is 24.7 Å². The topological polar surface area (TPSA) is 24.9 Å². The Kier molecular flexibility index (Phi) is 4.39. The first kappa shape index (κ1) is 13.5. The summed E-state index contributed by atoms with van der Waals surface area (Å²) in [5.41, 5.74) is 2.44. The molecular weight excluding hydrogens is 220 g/mol. The van der Waals surface area contributed by atoms with E-state index in [1.165, 1.54) is 24.8 Å². The highest BCUT2D eigenvalue weighted by molar-refractivity contribution is 5.18. The normalized spacial score (nSPS) is 30.1. The quantitative estimate of drug-likeness (QED) is 0.879. The molecule has 0 bridgehead atoms. The Bertz CT molecular complexity index is 361. The van der Waals surface area contributed by atoms with Gasteiger partial charge in [-0.3, -0.25) is 4.98 Å². The number of nitrogens with zero attached hydrogens (tertiary/aromatic N) is 1. The lowest BCUT2D eigenvalue weighted by Gasteiger charge is -2.36. The van der Waals surface area contributed by atoms with Crippen molar-refractivity contribution in [3.8, 4) is 0 Å². The first-order valence-corrected chi connectivity index (χ1v) is 7.20. The van der Waals surface area contributed by atoms with E-state index < -0.39 is 0 Å². The van der Waals surface area contributed by atoms with Crippen molar-refractivity contribution in [2.75, 3.05) is 7.05 Å². The molecule has 1 fully saturated rings. The Morgan fingerprint density at radius 1 is 1.17 bits per heavy atom. The Morgan fingerprint density at radius 3 is 2.33 bits per heavy atom. The van der Waals surface area contributed by atoms with Crippen LogP contribution in [0.1, 0.15) is 50.4 Å². The summed E-state index contributed by atoms with van der Waals surface area (Å²) >= 11 is 0. The fourth-order valence-corrected chi connectivity index (χ4v) is 3.62. The number of aromatic nitrogens is 1. The third-order valence-corrected chi connectivity index (χ3v) is 4.29. The van der Waals surface area contributed by atoms with Crippen LogP contribution in [0.5, 0.6) is 0 Å². The molecule has 1 saturated carbocycles. The maximum absolute atomic E-state index is 4.44. The van der Waals surface area contributed by atoms with E-state index >= 15 is 0 Å². The minimum atomic E-state index is 0.461. The lowest BCUT2D eigenvalue weighted by molar-refractivity contribution is 0.180. The lowest BCUT2D eigenvalue weighted by atomic mass is 9.72. The number of nitrogens with one attached hydrogen (secondary N) is 1. The number of pyridine rings is 1. The number of hydrogen-bond acceptors (Lipinski definition) is 2. The SMILES string of the molecule is CNC(c1ccc(C)nc1)C1CC(C)CC(C)C1. The van der Waals surface area contributed by atoms with Gasteiger partial charge in [-0.15, -0.1) is 0 Å². The molecule has 0 aliphatic heterocycles. The molecule has 1 aliphatic rings. The van der Waals surface area contributed by atoms with Gasteiger partial charge in [-0.25, -0.2) is 0 Å². The van der Waals surface area contributed by atoms with Crippen LogP contribution in [0.2, 0.25) is 0 Å². The highest BCUT2D eigenvalue weighted by Crippen LogP contribution is 2.39. The van der Waals surface area contributed by atoms with Crippen molar-refractivity contribution >= 4 is 0 Å². The Labute approximate surface area is 111 Å². The molecule has 1 aromatic heterocycles. The van der Waals surface area contributed by atoms with Crippen molar-refractivity contribution in [3.05, 3.63) is 29.6 Å². The molecule has 0 radical (unpaired) electrons. The summed E-state index contributed by atoms with van der Waals surface area (Å²) in [6, 6.07) is 4.81. The van der Waals surface area contributed by atoms with Gasteiger partial charge in [0.25, 0.3) is 0 Å².